The molecule has 0 aromatic heterocycles. The summed E-state index contributed by atoms with van der Waals surface area (Å²) < 4.78 is 5.72. The van der Waals surface area contributed by atoms with Crippen LogP contribution in [0.15, 0.2) is 42.5 Å². The topological polar surface area (TPSA) is 58.6 Å². The van der Waals surface area contributed by atoms with E-state index in [1.165, 1.54) is 4.90 Å². The molecule has 0 heterocycles. The largest absolute Gasteiger partial charge is 0.484 e. The minimum Gasteiger partial charge on any atom is -0.484 e. The van der Waals surface area contributed by atoms with Crippen molar-refractivity contribution in [2.45, 2.75) is 52.7 Å². The maximum absolute atomic E-state index is 13.0. The van der Waals surface area contributed by atoms with Gasteiger partial charge in [0.1, 0.15) is 11.8 Å². The average Bonchev–Trinajstić information content (AvgIpc) is 2.73. The minimum absolute atomic E-state index is 0.0186. The Morgan fingerprint density at radius 3 is 2.43 bits per heavy atom. The summed E-state index contributed by atoms with van der Waals surface area (Å²) >= 11 is 12.1. The number of amides is 2. The smallest absolute Gasteiger partial charge is 0.261 e. The van der Waals surface area contributed by atoms with Crippen molar-refractivity contribution in [1.82, 2.24) is 10.2 Å². The molecule has 0 saturated carbocycles. The SMILES string of the molecule is CC[C@H](C)NC(=O)[C@H](C)N(Cc1ccc(Cl)c(Cl)c1)C(=O)COc1ccccc1C. The van der Waals surface area contributed by atoms with Gasteiger partial charge in [0, 0.05) is 12.6 Å². The molecule has 0 aliphatic carbocycles. The van der Waals surface area contributed by atoms with Crippen molar-refractivity contribution in [2.24, 2.45) is 0 Å². The average molecular weight is 451 g/mol. The van der Waals surface area contributed by atoms with Crippen molar-refractivity contribution < 1.29 is 14.3 Å². The Labute approximate surface area is 188 Å². The number of para-hydroxylation sites is 1. The third-order valence-electron chi connectivity index (χ3n) is 4.95. The second-order valence-corrected chi connectivity index (χ2v) is 8.13. The Bertz CT molecular complexity index is 889. The van der Waals surface area contributed by atoms with Crippen molar-refractivity contribution in [2.75, 3.05) is 6.61 Å². The summed E-state index contributed by atoms with van der Waals surface area (Å²) in [6.07, 6.45) is 0.801. The molecule has 0 spiro atoms. The van der Waals surface area contributed by atoms with Crippen molar-refractivity contribution in [3.8, 4) is 5.75 Å². The Morgan fingerprint density at radius 1 is 1.10 bits per heavy atom. The normalized spacial score (nSPS) is 12.7. The Hall–Kier alpha value is -2.24. The van der Waals surface area contributed by atoms with Gasteiger partial charge >= 0.3 is 0 Å². The van der Waals surface area contributed by atoms with Crippen LogP contribution in [0.4, 0.5) is 0 Å². The molecule has 30 heavy (non-hydrogen) atoms. The van der Waals surface area contributed by atoms with Gasteiger partial charge in [0.15, 0.2) is 6.61 Å². The van der Waals surface area contributed by atoms with Crippen LogP contribution >= 0.6 is 23.2 Å². The number of benzene rings is 2. The summed E-state index contributed by atoms with van der Waals surface area (Å²) in [5, 5.41) is 3.76. The molecule has 0 radical (unpaired) electrons. The van der Waals surface area contributed by atoms with Gasteiger partial charge in [0.25, 0.3) is 5.91 Å². The third kappa shape index (κ3) is 6.64. The fourth-order valence-electron chi connectivity index (χ4n) is 2.82. The molecule has 0 saturated heterocycles. The van der Waals surface area contributed by atoms with Crippen LogP contribution in [0.3, 0.4) is 0 Å². The standard InChI is InChI=1S/C23H28Cl2N2O3/c1-5-16(3)26-23(29)17(4)27(13-18-10-11-19(24)20(25)12-18)22(28)14-30-21-9-7-6-8-15(21)2/h6-12,16-17H,5,13-14H2,1-4H3,(H,26,29)/t16-,17-/m0/s1. The third-order valence-corrected chi connectivity index (χ3v) is 5.69. The first kappa shape index (κ1) is 24.0. The highest BCUT2D eigenvalue weighted by Gasteiger charge is 2.27. The zero-order valence-corrected chi connectivity index (χ0v) is 19.3. The second-order valence-electron chi connectivity index (χ2n) is 7.32. The highest BCUT2D eigenvalue weighted by Crippen LogP contribution is 2.24. The number of halogens is 2. The number of aryl methyl sites for hydroxylation is 1. The second kappa shape index (κ2) is 11.2. The predicted octanol–water partition coefficient (Wildman–Crippen LogP) is 5.01. The van der Waals surface area contributed by atoms with Crippen molar-refractivity contribution in [3.05, 3.63) is 63.6 Å². The van der Waals surface area contributed by atoms with Crippen molar-refractivity contribution >= 4 is 35.0 Å². The Kier molecular flexibility index (Phi) is 9.00. The van der Waals surface area contributed by atoms with Crippen LogP contribution in [-0.4, -0.2) is 35.4 Å². The summed E-state index contributed by atoms with van der Waals surface area (Å²) in [4.78, 5) is 27.2. The van der Waals surface area contributed by atoms with Crippen LogP contribution in [0.1, 0.15) is 38.3 Å². The van der Waals surface area contributed by atoms with Crippen LogP contribution in [0.2, 0.25) is 10.0 Å². The lowest BCUT2D eigenvalue weighted by Gasteiger charge is -2.29. The fraction of sp³-hybridized carbons (Fsp3) is 0.391. The number of carbonyl (C=O) groups excluding carboxylic acids is 2. The van der Waals surface area contributed by atoms with Gasteiger partial charge in [0.2, 0.25) is 5.91 Å². The maximum atomic E-state index is 13.0. The number of hydrogen-bond acceptors (Lipinski definition) is 3. The van der Waals surface area contributed by atoms with E-state index >= 15 is 0 Å². The van der Waals surface area contributed by atoms with Gasteiger partial charge in [-0.2, -0.15) is 0 Å². The van der Waals surface area contributed by atoms with E-state index in [1.807, 2.05) is 45.0 Å². The van der Waals surface area contributed by atoms with Gasteiger partial charge in [-0.1, -0.05) is 54.4 Å². The van der Waals surface area contributed by atoms with E-state index in [1.54, 1.807) is 25.1 Å². The van der Waals surface area contributed by atoms with E-state index in [-0.39, 0.29) is 31.0 Å². The molecule has 162 valence electrons. The molecule has 1 N–H and O–H groups in total. The molecule has 0 bridgehead atoms. The van der Waals surface area contributed by atoms with Crippen LogP contribution < -0.4 is 10.1 Å². The summed E-state index contributed by atoms with van der Waals surface area (Å²) in [6, 6.07) is 12.0. The number of carbonyl (C=O) groups is 2. The van der Waals surface area contributed by atoms with Crippen molar-refractivity contribution in [1.29, 1.82) is 0 Å². The van der Waals surface area contributed by atoms with E-state index in [4.69, 9.17) is 27.9 Å². The van der Waals surface area contributed by atoms with Crippen LogP contribution in [0.5, 0.6) is 5.75 Å². The molecule has 0 fully saturated rings. The zero-order chi connectivity index (χ0) is 22.3. The Balaban J connectivity index is 2.20. The zero-order valence-electron chi connectivity index (χ0n) is 17.7. The summed E-state index contributed by atoms with van der Waals surface area (Å²) in [5.74, 6) is 0.127. The minimum atomic E-state index is -0.679. The van der Waals surface area contributed by atoms with Gasteiger partial charge in [-0.05, 0) is 56.5 Å². The van der Waals surface area contributed by atoms with Gasteiger partial charge in [-0.25, -0.2) is 0 Å². The van der Waals surface area contributed by atoms with E-state index in [2.05, 4.69) is 5.32 Å². The number of hydrogen-bond donors (Lipinski definition) is 1. The first-order chi connectivity index (χ1) is 14.2. The summed E-state index contributed by atoms with van der Waals surface area (Å²) in [5.41, 5.74) is 1.71. The Morgan fingerprint density at radius 2 is 1.80 bits per heavy atom. The molecule has 2 aromatic rings. The molecule has 0 unspecified atom stereocenters. The highest BCUT2D eigenvalue weighted by molar-refractivity contribution is 6.42. The molecule has 2 rings (SSSR count). The predicted molar refractivity (Wildman–Crippen MR) is 121 cm³/mol. The molecule has 2 amide bonds. The number of ether oxygens (including phenoxy) is 1. The molecule has 2 atom stereocenters. The lowest BCUT2D eigenvalue weighted by molar-refractivity contribution is -0.142. The van der Waals surface area contributed by atoms with E-state index in [0.717, 1.165) is 17.5 Å². The van der Waals surface area contributed by atoms with Gasteiger partial charge < -0.3 is 15.0 Å². The molecule has 0 aliphatic rings. The first-order valence-corrected chi connectivity index (χ1v) is 10.7. The lowest BCUT2D eigenvalue weighted by atomic mass is 10.1. The summed E-state index contributed by atoms with van der Waals surface area (Å²) in [6.45, 7) is 7.58. The molecule has 7 heteroatoms. The van der Waals surface area contributed by atoms with Gasteiger partial charge in [-0.3, -0.25) is 9.59 Å². The van der Waals surface area contributed by atoms with Gasteiger partial charge in [-0.15, -0.1) is 0 Å². The molecule has 2 aromatic carbocycles. The highest BCUT2D eigenvalue weighted by atomic mass is 35.5. The van der Waals surface area contributed by atoms with Crippen LogP contribution in [-0.2, 0) is 16.1 Å². The number of nitrogens with zero attached hydrogens (tertiary/aromatic N) is 1. The van der Waals surface area contributed by atoms with Crippen LogP contribution in [0.25, 0.3) is 0 Å². The molecule has 5 nitrogen and oxygen atoms in total. The number of rotatable bonds is 9. The lowest BCUT2D eigenvalue weighted by Crippen LogP contribution is -2.50. The van der Waals surface area contributed by atoms with Crippen LogP contribution in [0, 0.1) is 6.92 Å². The first-order valence-electron chi connectivity index (χ1n) is 9.95. The molecule has 0 aliphatic heterocycles. The van der Waals surface area contributed by atoms with E-state index < -0.39 is 6.04 Å². The van der Waals surface area contributed by atoms with E-state index in [9.17, 15) is 9.59 Å². The fourth-order valence-corrected chi connectivity index (χ4v) is 3.14. The van der Waals surface area contributed by atoms with Crippen molar-refractivity contribution in [3.63, 3.8) is 0 Å². The van der Waals surface area contributed by atoms with E-state index in [0.29, 0.717) is 15.8 Å². The molecular formula is C23H28Cl2N2O3. The number of nitrogens with one attached hydrogen (secondary N) is 1. The maximum Gasteiger partial charge on any atom is 0.261 e. The quantitative estimate of drug-likeness (QED) is 0.583. The van der Waals surface area contributed by atoms with Gasteiger partial charge in [0.05, 0.1) is 10.0 Å². The summed E-state index contributed by atoms with van der Waals surface area (Å²) in [7, 11) is 0. The molecular weight excluding hydrogens is 423 g/mol. The monoisotopic (exact) mass is 450 g/mol.